The summed E-state index contributed by atoms with van der Waals surface area (Å²) in [6.45, 7) is 4.54. The monoisotopic (exact) mass is 615 g/mol. The van der Waals surface area contributed by atoms with Crippen molar-refractivity contribution in [2.75, 3.05) is 18.4 Å². The van der Waals surface area contributed by atoms with E-state index in [4.69, 9.17) is 26.3 Å². The smallest absolute Gasteiger partial charge is 0.231 e. The Morgan fingerprint density at radius 1 is 1.11 bits per heavy atom. The number of likely N-dealkylation sites (tertiary alicyclic amines) is 1. The van der Waals surface area contributed by atoms with E-state index < -0.39 is 0 Å². The number of halogens is 2. The number of hydrogen-bond acceptors (Lipinski definition) is 6. The highest BCUT2D eigenvalue weighted by atomic mass is 35.5. The number of nitrogens with one attached hydrogen (secondary N) is 1. The quantitative estimate of drug-likeness (QED) is 0.213. The summed E-state index contributed by atoms with van der Waals surface area (Å²) in [6, 6.07) is 16.2. The molecule has 1 saturated heterocycles. The summed E-state index contributed by atoms with van der Waals surface area (Å²) in [5.41, 5.74) is 4.90. The number of benzene rings is 2. The lowest BCUT2D eigenvalue weighted by atomic mass is 9.93. The molecular weight excluding hydrogens is 581 g/mol. The van der Waals surface area contributed by atoms with E-state index in [1.807, 2.05) is 57.5 Å². The van der Waals surface area contributed by atoms with Crippen LogP contribution in [0.15, 0.2) is 67.0 Å². The van der Waals surface area contributed by atoms with Gasteiger partial charge in [-0.1, -0.05) is 23.7 Å². The Kier molecular flexibility index (Phi) is 8.63. The fourth-order valence-electron chi connectivity index (χ4n) is 5.65. The molecule has 6 rings (SSSR count). The summed E-state index contributed by atoms with van der Waals surface area (Å²) in [6.07, 6.45) is 5.52. The number of aryl methyl sites for hydroxylation is 2. The Morgan fingerprint density at radius 3 is 2.68 bits per heavy atom. The Morgan fingerprint density at radius 2 is 1.93 bits per heavy atom. The van der Waals surface area contributed by atoms with Crippen molar-refractivity contribution in [1.29, 1.82) is 0 Å². The van der Waals surface area contributed by atoms with Crippen LogP contribution in [0.4, 0.5) is 10.1 Å². The zero-order chi connectivity index (χ0) is 30.8. The molecule has 2 aromatic carbocycles. The van der Waals surface area contributed by atoms with Gasteiger partial charge < -0.3 is 14.6 Å². The fourth-order valence-corrected chi connectivity index (χ4v) is 5.81. The van der Waals surface area contributed by atoms with E-state index >= 15 is 0 Å². The predicted octanol–water partition coefficient (Wildman–Crippen LogP) is 6.20. The number of ether oxygens (including phenoxy) is 1. The summed E-state index contributed by atoms with van der Waals surface area (Å²) in [7, 11) is 3.87. The van der Waals surface area contributed by atoms with Crippen LogP contribution in [0.25, 0.3) is 11.0 Å². The zero-order valence-electron chi connectivity index (χ0n) is 25.0. The average molecular weight is 616 g/mol. The summed E-state index contributed by atoms with van der Waals surface area (Å²) >= 11 is 5.85. The Labute approximate surface area is 260 Å². The van der Waals surface area contributed by atoms with Crippen molar-refractivity contribution in [3.63, 3.8) is 0 Å². The van der Waals surface area contributed by atoms with Crippen molar-refractivity contribution in [2.45, 2.75) is 44.8 Å². The molecule has 0 saturated carbocycles. The Balaban J connectivity index is 1.05. The molecule has 44 heavy (non-hydrogen) atoms. The number of pyridine rings is 1. The fraction of sp³-hybridized carbons (Fsp3) is 0.333. The molecule has 1 fully saturated rings. The topological polar surface area (TPSA) is 90.1 Å². The highest BCUT2D eigenvalue weighted by Crippen LogP contribution is 2.30. The molecule has 1 amide bonds. The molecule has 1 aliphatic heterocycles. The van der Waals surface area contributed by atoms with Crippen LogP contribution in [0, 0.1) is 5.82 Å². The van der Waals surface area contributed by atoms with Gasteiger partial charge in [0.1, 0.15) is 18.2 Å². The van der Waals surface area contributed by atoms with Crippen LogP contribution in [-0.4, -0.2) is 48.2 Å². The number of carbonyl (C=O) groups is 1. The molecule has 1 aliphatic rings. The Hall–Kier alpha value is -4.28. The third-order valence-electron chi connectivity index (χ3n) is 8.37. The summed E-state index contributed by atoms with van der Waals surface area (Å²) < 4.78 is 23.8. The van der Waals surface area contributed by atoms with Gasteiger partial charge in [0.25, 0.3) is 0 Å². The predicted molar refractivity (Wildman–Crippen MR) is 168 cm³/mol. The minimum atomic E-state index is -0.389. The number of anilines is 1. The molecule has 4 heterocycles. The van der Waals surface area contributed by atoms with Crippen LogP contribution in [0.1, 0.15) is 54.2 Å². The zero-order valence-corrected chi connectivity index (χ0v) is 25.8. The number of hydrogen-bond donors (Lipinski definition) is 1. The number of fused-ring (bicyclic) bond motifs is 1. The lowest BCUT2D eigenvalue weighted by Gasteiger charge is -2.31. The van der Waals surface area contributed by atoms with E-state index in [2.05, 4.69) is 19.9 Å². The van der Waals surface area contributed by atoms with Crippen LogP contribution in [0.2, 0.25) is 5.02 Å². The van der Waals surface area contributed by atoms with Crippen molar-refractivity contribution in [3.05, 3.63) is 100 Å². The number of piperidine rings is 1. The second kappa shape index (κ2) is 12.8. The van der Waals surface area contributed by atoms with Gasteiger partial charge in [-0.15, -0.1) is 0 Å². The molecule has 3 aromatic heterocycles. The molecular formula is C33H35ClFN7O2. The molecule has 11 heteroatoms. The number of rotatable bonds is 9. The van der Waals surface area contributed by atoms with E-state index in [9.17, 15) is 9.18 Å². The molecule has 9 nitrogen and oxygen atoms in total. The first-order valence-corrected chi connectivity index (χ1v) is 15.1. The number of aromatic nitrogens is 5. The van der Waals surface area contributed by atoms with Gasteiger partial charge in [-0.2, -0.15) is 5.10 Å². The standard InChI is InChI=1S/C33H35ClFN7O2/c1-21(24-17-36-40(2)18-24)33(43)37-26-9-10-30-29(16-26)38-31(41(30)3)19-42-13-11-22(12-14-42)28-5-4-6-32(39-28)44-20-23-7-8-25(34)15-27(23)35/h4-10,15-18,21-22H,11-14,19-20H2,1-3H3,(H,37,43). The van der Waals surface area contributed by atoms with Crippen LogP contribution < -0.4 is 10.1 Å². The van der Waals surface area contributed by atoms with Crippen molar-refractivity contribution in [1.82, 2.24) is 29.2 Å². The Bertz CT molecular complexity index is 1790. The van der Waals surface area contributed by atoms with Gasteiger partial charge in [0.05, 0.1) is 29.7 Å². The van der Waals surface area contributed by atoms with Crippen LogP contribution in [0.5, 0.6) is 5.88 Å². The van der Waals surface area contributed by atoms with Crippen molar-refractivity contribution < 1.29 is 13.9 Å². The maximum Gasteiger partial charge on any atom is 0.231 e. The first-order chi connectivity index (χ1) is 21.2. The van der Waals surface area contributed by atoms with Crippen LogP contribution in [0.3, 0.4) is 0 Å². The van der Waals surface area contributed by atoms with Crippen LogP contribution in [-0.2, 0) is 32.0 Å². The van der Waals surface area contributed by atoms with Crippen molar-refractivity contribution in [2.24, 2.45) is 14.1 Å². The average Bonchev–Trinajstić information content (AvgIpc) is 3.59. The summed E-state index contributed by atoms with van der Waals surface area (Å²) in [5, 5.41) is 7.55. The summed E-state index contributed by atoms with van der Waals surface area (Å²) in [4.78, 5) is 24.9. The number of carbonyl (C=O) groups excluding carboxylic acids is 1. The van der Waals surface area contributed by atoms with Gasteiger partial charge in [0.2, 0.25) is 11.8 Å². The minimum Gasteiger partial charge on any atom is -0.473 e. The third kappa shape index (κ3) is 6.61. The van der Waals surface area contributed by atoms with E-state index in [-0.39, 0.29) is 24.2 Å². The lowest BCUT2D eigenvalue weighted by Crippen LogP contribution is -2.33. The molecule has 1 N–H and O–H groups in total. The number of imidazole rings is 1. The second-order valence-corrected chi connectivity index (χ2v) is 11.9. The van der Waals surface area contributed by atoms with E-state index in [1.54, 1.807) is 29.1 Å². The SMILES string of the molecule is CC(C(=O)Nc1ccc2c(c1)nc(CN1CCC(c3cccc(OCc4ccc(Cl)cc4F)n3)CC1)n2C)c1cnn(C)c1. The summed E-state index contributed by atoms with van der Waals surface area (Å²) in [5.74, 6) is 1.00. The third-order valence-corrected chi connectivity index (χ3v) is 8.60. The van der Waals surface area contributed by atoms with E-state index in [0.29, 0.717) is 22.4 Å². The largest absolute Gasteiger partial charge is 0.473 e. The minimum absolute atomic E-state index is 0.0848. The van der Waals surface area contributed by atoms with Crippen molar-refractivity contribution >= 4 is 34.2 Å². The first kappa shape index (κ1) is 29.8. The maximum absolute atomic E-state index is 14.1. The maximum atomic E-state index is 14.1. The van der Waals surface area contributed by atoms with Gasteiger partial charge in [-0.25, -0.2) is 14.4 Å². The molecule has 5 aromatic rings. The molecule has 228 valence electrons. The highest BCUT2D eigenvalue weighted by molar-refractivity contribution is 6.30. The molecule has 0 radical (unpaired) electrons. The molecule has 0 spiro atoms. The van der Waals surface area contributed by atoms with E-state index in [1.165, 1.54) is 6.07 Å². The number of amides is 1. The molecule has 0 bridgehead atoms. The van der Waals surface area contributed by atoms with Gasteiger partial charge in [-0.05, 0) is 69.3 Å². The molecule has 0 aliphatic carbocycles. The van der Waals surface area contributed by atoms with Gasteiger partial charge in [0.15, 0.2) is 0 Å². The molecule has 1 unspecified atom stereocenters. The van der Waals surface area contributed by atoms with Gasteiger partial charge >= 0.3 is 0 Å². The van der Waals surface area contributed by atoms with Gasteiger partial charge in [-0.3, -0.25) is 14.4 Å². The second-order valence-electron chi connectivity index (χ2n) is 11.4. The van der Waals surface area contributed by atoms with Crippen molar-refractivity contribution in [3.8, 4) is 5.88 Å². The first-order valence-electron chi connectivity index (χ1n) is 14.7. The molecule has 1 atom stereocenters. The van der Waals surface area contributed by atoms with Gasteiger partial charge in [0, 0.05) is 59.8 Å². The lowest BCUT2D eigenvalue weighted by molar-refractivity contribution is -0.117. The number of nitrogens with zero attached hydrogens (tertiary/aromatic N) is 6. The normalized spacial score (nSPS) is 15.0. The highest BCUT2D eigenvalue weighted by Gasteiger charge is 2.24. The van der Waals surface area contributed by atoms with E-state index in [0.717, 1.165) is 66.3 Å². The van der Waals surface area contributed by atoms with Crippen LogP contribution >= 0.6 is 11.6 Å².